The highest BCUT2D eigenvalue weighted by Crippen LogP contribution is 2.27. The van der Waals surface area contributed by atoms with Crippen LogP contribution in [0.1, 0.15) is 23.0 Å². The third-order valence-corrected chi connectivity index (χ3v) is 3.89. The summed E-state index contributed by atoms with van der Waals surface area (Å²) in [7, 11) is 3.10. The number of halogens is 1. The van der Waals surface area contributed by atoms with Crippen LogP contribution in [0.15, 0.2) is 34.9 Å². The van der Waals surface area contributed by atoms with Crippen LogP contribution >= 0.6 is 15.9 Å². The van der Waals surface area contributed by atoms with E-state index in [4.69, 9.17) is 14.2 Å². The Labute approximate surface area is 153 Å². The maximum Gasteiger partial charge on any atom is 0.355 e. The fraction of sp³-hybridized carbons (Fsp3) is 0.294. The Balaban J connectivity index is 1.90. The second-order valence-electron chi connectivity index (χ2n) is 5.19. The third kappa shape index (κ3) is 4.99. The zero-order chi connectivity index (χ0) is 18.4. The number of methoxy groups -OCH3 is 2. The number of H-pyrrole nitrogens is 1. The molecule has 1 aromatic carbocycles. The third-order valence-electron chi connectivity index (χ3n) is 3.44. The van der Waals surface area contributed by atoms with Crippen molar-refractivity contribution < 1.29 is 23.8 Å². The second kappa shape index (κ2) is 8.57. The molecule has 0 bridgehead atoms. The van der Waals surface area contributed by atoms with E-state index >= 15 is 0 Å². The van der Waals surface area contributed by atoms with Crippen LogP contribution in [0.5, 0.6) is 11.5 Å². The van der Waals surface area contributed by atoms with Gasteiger partial charge in [0, 0.05) is 17.2 Å². The topological polar surface area (TPSA) is 89.6 Å². The molecule has 1 heterocycles. The highest BCUT2D eigenvalue weighted by molar-refractivity contribution is 9.10. The van der Waals surface area contributed by atoms with E-state index in [0.717, 1.165) is 10.0 Å². The number of amides is 1. The Morgan fingerprint density at radius 1 is 1.20 bits per heavy atom. The summed E-state index contributed by atoms with van der Waals surface area (Å²) in [4.78, 5) is 26.8. The maximum absolute atomic E-state index is 12.1. The van der Waals surface area contributed by atoms with Gasteiger partial charge in [-0.15, -0.1) is 0 Å². The zero-order valence-corrected chi connectivity index (χ0v) is 15.7. The lowest BCUT2D eigenvalue weighted by Gasteiger charge is -2.14. The van der Waals surface area contributed by atoms with E-state index in [1.807, 2.05) is 6.07 Å². The quantitative estimate of drug-likeness (QED) is 0.684. The summed E-state index contributed by atoms with van der Waals surface area (Å²) in [6.45, 7) is 1.79. The molecule has 1 aromatic heterocycles. The molecule has 0 saturated carbocycles. The van der Waals surface area contributed by atoms with Crippen molar-refractivity contribution in [2.75, 3.05) is 14.2 Å². The largest absolute Gasteiger partial charge is 0.493 e. The first-order chi connectivity index (χ1) is 11.9. The van der Waals surface area contributed by atoms with Crippen molar-refractivity contribution in [3.05, 3.63) is 46.2 Å². The molecule has 0 aliphatic heterocycles. The van der Waals surface area contributed by atoms with Crippen LogP contribution in [0.25, 0.3) is 0 Å². The molecule has 8 heteroatoms. The molecule has 0 fully saturated rings. The van der Waals surface area contributed by atoms with Gasteiger partial charge in [0.05, 0.1) is 14.2 Å². The highest BCUT2D eigenvalue weighted by Gasteiger charge is 2.19. The lowest BCUT2D eigenvalue weighted by molar-refractivity contribution is -0.129. The average molecular weight is 411 g/mol. The first kappa shape index (κ1) is 18.9. The van der Waals surface area contributed by atoms with Gasteiger partial charge in [0.1, 0.15) is 5.69 Å². The Bertz CT molecular complexity index is 759. The minimum Gasteiger partial charge on any atom is -0.493 e. The minimum atomic E-state index is -0.922. The van der Waals surface area contributed by atoms with E-state index in [-0.39, 0.29) is 12.2 Å². The Hall–Kier alpha value is -2.48. The molecule has 25 heavy (non-hydrogen) atoms. The predicted octanol–water partition coefficient (Wildman–Crippen LogP) is 2.66. The molecule has 2 aromatic rings. The standard InChI is InChI=1S/C17H19BrN2O5/c1-10(25-17(22)13-7-12(18)9-19-13)16(21)20-8-11-4-5-14(23-2)15(6-11)24-3/h4-7,9-10,19H,8H2,1-3H3,(H,20,21). The van der Waals surface area contributed by atoms with Crippen LogP contribution in [-0.2, 0) is 16.1 Å². The Morgan fingerprint density at radius 2 is 1.92 bits per heavy atom. The number of rotatable bonds is 7. The molecule has 0 spiro atoms. The number of benzene rings is 1. The van der Waals surface area contributed by atoms with E-state index in [1.54, 1.807) is 38.6 Å². The first-order valence-electron chi connectivity index (χ1n) is 7.48. The van der Waals surface area contributed by atoms with Gasteiger partial charge in [-0.05, 0) is 46.6 Å². The van der Waals surface area contributed by atoms with E-state index in [0.29, 0.717) is 11.5 Å². The van der Waals surface area contributed by atoms with Crippen LogP contribution in [0, 0.1) is 0 Å². The predicted molar refractivity (Wildman–Crippen MR) is 94.8 cm³/mol. The summed E-state index contributed by atoms with van der Waals surface area (Å²) >= 11 is 3.23. The molecule has 1 unspecified atom stereocenters. The van der Waals surface area contributed by atoms with Gasteiger partial charge in [0.25, 0.3) is 5.91 Å². The van der Waals surface area contributed by atoms with Crippen LogP contribution in [0.2, 0.25) is 0 Å². The molecule has 134 valence electrons. The fourth-order valence-corrected chi connectivity index (χ4v) is 2.43. The van der Waals surface area contributed by atoms with Crippen molar-refractivity contribution in [3.63, 3.8) is 0 Å². The number of esters is 1. The summed E-state index contributed by atoms with van der Waals surface area (Å²) < 4.78 is 16.2. The number of nitrogens with one attached hydrogen (secondary N) is 2. The molecule has 2 N–H and O–H groups in total. The molecular weight excluding hydrogens is 392 g/mol. The molecule has 0 saturated heterocycles. The number of hydrogen-bond donors (Lipinski definition) is 2. The van der Waals surface area contributed by atoms with Crippen molar-refractivity contribution in [2.24, 2.45) is 0 Å². The molecular formula is C17H19BrN2O5. The van der Waals surface area contributed by atoms with Crippen molar-refractivity contribution in [1.82, 2.24) is 10.3 Å². The zero-order valence-electron chi connectivity index (χ0n) is 14.1. The summed E-state index contributed by atoms with van der Waals surface area (Å²) in [5.74, 6) is 0.191. The number of aromatic amines is 1. The van der Waals surface area contributed by atoms with Gasteiger partial charge in [-0.2, -0.15) is 0 Å². The van der Waals surface area contributed by atoms with Crippen LogP contribution in [0.4, 0.5) is 0 Å². The van der Waals surface area contributed by atoms with Crippen molar-refractivity contribution in [2.45, 2.75) is 19.6 Å². The molecule has 2 rings (SSSR count). The van der Waals surface area contributed by atoms with Gasteiger partial charge < -0.3 is 24.5 Å². The number of hydrogen-bond acceptors (Lipinski definition) is 5. The maximum atomic E-state index is 12.1. The molecule has 0 radical (unpaired) electrons. The van der Waals surface area contributed by atoms with E-state index in [9.17, 15) is 9.59 Å². The van der Waals surface area contributed by atoms with Gasteiger partial charge in [0.15, 0.2) is 17.6 Å². The summed E-state index contributed by atoms with van der Waals surface area (Å²) in [6.07, 6.45) is 0.688. The highest BCUT2D eigenvalue weighted by atomic mass is 79.9. The molecule has 1 atom stereocenters. The van der Waals surface area contributed by atoms with E-state index in [1.165, 1.54) is 6.92 Å². The summed E-state index contributed by atoms with van der Waals surface area (Å²) in [5.41, 5.74) is 1.10. The van der Waals surface area contributed by atoms with Gasteiger partial charge >= 0.3 is 5.97 Å². The molecule has 0 aliphatic rings. The lowest BCUT2D eigenvalue weighted by atomic mass is 10.2. The Kier molecular flexibility index (Phi) is 6.46. The van der Waals surface area contributed by atoms with Gasteiger partial charge in [-0.3, -0.25) is 4.79 Å². The monoisotopic (exact) mass is 410 g/mol. The lowest BCUT2D eigenvalue weighted by Crippen LogP contribution is -2.35. The number of aromatic nitrogens is 1. The number of carbonyl (C=O) groups excluding carboxylic acids is 2. The molecule has 0 aliphatic carbocycles. The Morgan fingerprint density at radius 3 is 2.52 bits per heavy atom. The minimum absolute atomic E-state index is 0.270. The van der Waals surface area contributed by atoms with Gasteiger partial charge in [-0.1, -0.05) is 6.07 Å². The smallest absolute Gasteiger partial charge is 0.355 e. The van der Waals surface area contributed by atoms with Crippen LogP contribution in [-0.4, -0.2) is 37.2 Å². The normalized spacial score (nSPS) is 11.5. The van der Waals surface area contributed by atoms with Gasteiger partial charge in [0.2, 0.25) is 0 Å². The number of ether oxygens (including phenoxy) is 3. The van der Waals surface area contributed by atoms with Crippen LogP contribution < -0.4 is 14.8 Å². The van der Waals surface area contributed by atoms with Crippen molar-refractivity contribution in [1.29, 1.82) is 0 Å². The second-order valence-corrected chi connectivity index (χ2v) is 6.10. The van der Waals surface area contributed by atoms with Crippen molar-refractivity contribution in [3.8, 4) is 11.5 Å². The molecule has 7 nitrogen and oxygen atoms in total. The SMILES string of the molecule is COc1ccc(CNC(=O)C(C)OC(=O)c2cc(Br)c[nH]2)cc1OC. The summed E-state index contributed by atoms with van der Waals surface area (Å²) in [6, 6.07) is 6.92. The van der Waals surface area contributed by atoms with E-state index < -0.39 is 18.0 Å². The van der Waals surface area contributed by atoms with Crippen LogP contribution in [0.3, 0.4) is 0 Å². The number of carbonyl (C=O) groups is 2. The fourth-order valence-electron chi connectivity index (χ4n) is 2.09. The first-order valence-corrected chi connectivity index (χ1v) is 8.27. The van der Waals surface area contributed by atoms with E-state index in [2.05, 4.69) is 26.2 Å². The summed E-state index contributed by atoms with van der Waals surface area (Å²) in [5, 5.41) is 2.72. The van der Waals surface area contributed by atoms with Crippen molar-refractivity contribution >= 4 is 27.8 Å². The molecule has 1 amide bonds. The average Bonchev–Trinajstić information content (AvgIpc) is 3.05. The van der Waals surface area contributed by atoms with Gasteiger partial charge in [-0.25, -0.2) is 4.79 Å².